The lowest BCUT2D eigenvalue weighted by Crippen LogP contribution is -2.66. The summed E-state index contributed by atoms with van der Waals surface area (Å²) in [5.74, 6) is 1.12. The summed E-state index contributed by atoms with van der Waals surface area (Å²) in [5.41, 5.74) is 2.67. The van der Waals surface area contributed by atoms with Crippen LogP contribution in [0.25, 0.3) is 0 Å². The van der Waals surface area contributed by atoms with Crippen LogP contribution in [0.15, 0.2) is 48.5 Å². The lowest BCUT2D eigenvalue weighted by Gasteiger charge is -2.53. The van der Waals surface area contributed by atoms with Crippen LogP contribution in [0.1, 0.15) is 32.8 Å². The number of hydrogen-bond acceptors (Lipinski definition) is 6. The number of Topliss-reactive ketones (excluding diaryl/α,β-unsaturated/α-hetero) is 1. The van der Waals surface area contributed by atoms with Crippen LogP contribution in [0.2, 0.25) is 0 Å². The smallest absolute Gasteiger partial charge is 0.155 e. The molecule has 6 unspecified atom stereocenters. The molecule has 32 heavy (non-hydrogen) atoms. The van der Waals surface area contributed by atoms with E-state index in [2.05, 4.69) is 67.3 Å². The van der Waals surface area contributed by atoms with Gasteiger partial charge in [0.2, 0.25) is 0 Å². The molecule has 170 valence electrons. The van der Waals surface area contributed by atoms with Crippen molar-refractivity contribution in [3.63, 3.8) is 0 Å². The molecule has 3 fully saturated rings. The van der Waals surface area contributed by atoms with Crippen LogP contribution >= 0.6 is 23.5 Å². The SMILES string of the molecule is Cc1ccc(C2SCC(O)C23CN(C)CC2(C3=O)C(O)CSC2c2ccc(C)cc2)cc1. The summed E-state index contributed by atoms with van der Waals surface area (Å²) in [6.07, 6.45) is -1.47. The topological polar surface area (TPSA) is 60.8 Å². The Morgan fingerprint density at radius 3 is 1.53 bits per heavy atom. The predicted octanol–water partition coefficient (Wildman–Crippen LogP) is 3.79. The summed E-state index contributed by atoms with van der Waals surface area (Å²) < 4.78 is 0. The van der Waals surface area contributed by atoms with Gasteiger partial charge in [0.15, 0.2) is 5.78 Å². The quantitative estimate of drug-likeness (QED) is 0.698. The number of piperidine rings is 1. The van der Waals surface area contributed by atoms with Gasteiger partial charge in [0.05, 0.1) is 23.0 Å². The van der Waals surface area contributed by atoms with Crippen molar-refractivity contribution >= 4 is 29.3 Å². The van der Waals surface area contributed by atoms with Gasteiger partial charge in [-0.2, -0.15) is 0 Å². The van der Waals surface area contributed by atoms with Gasteiger partial charge in [0.1, 0.15) is 0 Å². The van der Waals surface area contributed by atoms with E-state index in [0.29, 0.717) is 24.6 Å². The first-order chi connectivity index (χ1) is 15.3. The van der Waals surface area contributed by atoms with Crippen LogP contribution in [0.4, 0.5) is 0 Å². The van der Waals surface area contributed by atoms with E-state index >= 15 is 0 Å². The van der Waals surface area contributed by atoms with Gasteiger partial charge >= 0.3 is 0 Å². The molecule has 3 aliphatic heterocycles. The number of aliphatic hydroxyl groups excluding tert-OH is 2. The number of likely N-dealkylation sites (tertiary alicyclic amines) is 1. The fourth-order valence-electron chi connectivity index (χ4n) is 6.03. The number of nitrogens with zero attached hydrogens (tertiary/aromatic N) is 1. The van der Waals surface area contributed by atoms with Crippen molar-refractivity contribution in [2.45, 2.75) is 36.6 Å². The van der Waals surface area contributed by atoms with Gasteiger partial charge in [-0.15, -0.1) is 23.5 Å². The maximum Gasteiger partial charge on any atom is 0.155 e. The molecular formula is C26H31NO3S2. The van der Waals surface area contributed by atoms with E-state index < -0.39 is 23.0 Å². The molecule has 0 aromatic heterocycles. The van der Waals surface area contributed by atoms with Gasteiger partial charge in [-0.05, 0) is 32.0 Å². The molecule has 2 spiro atoms. The minimum atomic E-state index is -0.929. The monoisotopic (exact) mass is 469 g/mol. The summed E-state index contributed by atoms with van der Waals surface area (Å²) in [4.78, 5) is 16.8. The van der Waals surface area contributed by atoms with Gasteiger partial charge < -0.3 is 15.1 Å². The summed E-state index contributed by atoms with van der Waals surface area (Å²) >= 11 is 3.35. The maximum absolute atomic E-state index is 14.7. The Labute approximate surface area is 198 Å². The molecule has 3 aliphatic rings. The molecule has 0 saturated carbocycles. The largest absolute Gasteiger partial charge is 0.391 e. The van der Waals surface area contributed by atoms with Crippen molar-refractivity contribution in [2.75, 3.05) is 31.6 Å². The van der Waals surface area contributed by atoms with Gasteiger partial charge in [-0.25, -0.2) is 0 Å². The van der Waals surface area contributed by atoms with E-state index in [9.17, 15) is 15.0 Å². The van der Waals surface area contributed by atoms with Crippen molar-refractivity contribution in [1.82, 2.24) is 4.90 Å². The third-order valence-corrected chi connectivity index (χ3v) is 10.7. The fraction of sp³-hybridized carbons (Fsp3) is 0.500. The maximum atomic E-state index is 14.7. The molecule has 3 saturated heterocycles. The molecule has 4 nitrogen and oxygen atoms in total. The number of carbonyl (C=O) groups is 1. The molecule has 0 aliphatic carbocycles. The number of hydrogen-bond donors (Lipinski definition) is 2. The second kappa shape index (κ2) is 8.17. The van der Waals surface area contributed by atoms with Crippen LogP contribution in [0.3, 0.4) is 0 Å². The average Bonchev–Trinajstić information content (AvgIpc) is 3.26. The van der Waals surface area contributed by atoms with E-state index in [0.717, 1.165) is 11.1 Å². The van der Waals surface area contributed by atoms with Crippen LogP contribution in [-0.2, 0) is 4.79 Å². The highest BCUT2D eigenvalue weighted by Crippen LogP contribution is 2.64. The summed E-state index contributed by atoms with van der Waals surface area (Å²) in [6, 6.07) is 16.7. The van der Waals surface area contributed by atoms with E-state index in [1.807, 2.05) is 7.05 Å². The zero-order chi connectivity index (χ0) is 22.7. The third kappa shape index (κ3) is 3.22. The van der Waals surface area contributed by atoms with Crippen LogP contribution < -0.4 is 0 Å². The van der Waals surface area contributed by atoms with Crippen molar-refractivity contribution < 1.29 is 15.0 Å². The Morgan fingerprint density at radius 1 is 0.781 bits per heavy atom. The Balaban J connectivity index is 1.64. The molecule has 6 atom stereocenters. The lowest BCUT2D eigenvalue weighted by molar-refractivity contribution is -0.163. The van der Waals surface area contributed by atoms with Gasteiger partial charge in [-0.3, -0.25) is 4.79 Å². The fourth-order valence-corrected chi connectivity index (χ4v) is 9.35. The van der Waals surface area contributed by atoms with E-state index in [1.54, 1.807) is 23.5 Å². The molecule has 2 aromatic rings. The molecule has 0 amide bonds. The first-order valence-corrected chi connectivity index (χ1v) is 13.3. The number of benzene rings is 2. The highest BCUT2D eigenvalue weighted by molar-refractivity contribution is 8.00. The number of carbonyl (C=O) groups excluding carboxylic acids is 1. The number of aryl methyl sites for hydroxylation is 2. The number of rotatable bonds is 2. The first kappa shape index (κ1) is 22.5. The zero-order valence-electron chi connectivity index (χ0n) is 18.8. The van der Waals surface area contributed by atoms with Crippen molar-refractivity contribution in [1.29, 1.82) is 0 Å². The standard InChI is InChI=1S/C26H31NO3S2/c1-16-4-8-18(9-5-16)22-25(20(28)12-31-22)14-27(3)15-26(24(25)30)21(29)13-32-23(26)19-10-6-17(2)7-11-19/h4-11,20-23,28-29H,12-15H2,1-3H3. The van der Waals surface area contributed by atoms with Crippen LogP contribution in [0, 0.1) is 24.7 Å². The van der Waals surface area contributed by atoms with Gasteiger partial charge in [0.25, 0.3) is 0 Å². The van der Waals surface area contributed by atoms with Crippen molar-refractivity contribution in [3.05, 3.63) is 70.8 Å². The highest BCUT2D eigenvalue weighted by atomic mass is 32.2. The highest BCUT2D eigenvalue weighted by Gasteiger charge is 2.69. The number of ketones is 1. The summed E-state index contributed by atoms with van der Waals surface area (Å²) in [5, 5.41) is 22.4. The first-order valence-electron chi connectivity index (χ1n) is 11.2. The second-order valence-electron chi connectivity index (χ2n) is 9.86. The molecule has 2 aromatic carbocycles. The molecule has 0 bridgehead atoms. The minimum absolute atomic E-state index is 0.0502. The Morgan fingerprint density at radius 2 is 1.16 bits per heavy atom. The Bertz CT molecular complexity index is 931. The van der Waals surface area contributed by atoms with Crippen LogP contribution in [-0.4, -0.2) is 64.7 Å². The van der Waals surface area contributed by atoms with E-state index in [4.69, 9.17) is 0 Å². The molecular weight excluding hydrogens is 438 g/mol. The van der Waals surface area contributed by atoms with Gasteiger partial charge in [0, 0.05) is 35.1 Å². The zero-order valence-corrected chi connectivity index (χ0v) is 20.5. The van der Waals surface area contributed by atoms with Crippen molar-refractivity contribution in [2.24, 2.45) is 10.8 Å². The number of aliphatic hydroxyl groups is 2. The average molecular weight is 470 g/mol. The molecule has 0 radical (unpaired) electrons. The lowest BCUT2D eigenvalue weighted by atomic mass is 9.58. The van der Waals surface area contributed by atoms with Gasteiger partial charge in [-0.1, -0.05) is 59.7 Å². The third-order valence-electron chi connectivity index (χ3n) is 7.64. The van der Waals surface area contributed by atoms with Crippen LogP contribution in [0.5, 0.6) is 0 Å². The molecule has 2 N–H and O–H groups in total. The second-order valence-corrected chi connectivity index (χ2v) is 12.1. The molecule has 3 heterocycles. The van der Waals surface area contributed by atoms with Crippen molar-refractivity contribution in [3.8, 4) is 0 Å². The normalized spacial score (nSPS) is 37.6. The predicted molar refractivity (Wildman–Crippen MR) is 132 cm³/mol. The number of thioether (sulfide) groups is 2. The Hall–Kier alpha value is -1.31. The Kier molecular flexibility index (Phi) is 5.74. The van der Waals surface area contributed by atoms with E-state index in [-0.39, 0.29) is 16.3 Å². The summed E-state index contributed by atoms with van der Waals surface area (Å²) in [6.45, 7) is 5.14. The minimum Gasteiger partial charge on any atom is -0.391 e. The molecule has 6 heteroatoms. The molecule has 5 rings (SSSR count). The van der Waals surface area contributed by atoms with E-state index in [1.165, 1.54) is 11.1 Å². The summed E-state index contributed by atoms with van der Waals surface area (Å²) in [7, 11) is 2.03.